The Morgan fingerprint density at radius 2 is 1.80 bits per heavy atom. The molecule has 2 aromatic rings. The van der Waals surface area contributed by atoms with Crippen LogP contribution in [0.15, 0.2) is 0 Å². The van der Waals surface area contributed by atoms with E-state index in [9.17, 15) is 0 Å². The number of nitrogens with zero attached hydrogens (tertiary/aromatic N) is 4. The fourth-order valence-electron chi connectivity index (χ4n) is 4.84. The Labute approximate surface area is 182 Å². The number of hydrogen-bond donors (Lipinski definition) is 1. The van der Waals surface area contributed by atoms with E-state index in [1.807, 2.05) is 0 Å². The summed E-state index contributed by atoms with van der Waals surface area (Å²) in [7, 11) is 0. The number of anilines is 1. The van der Waals surface area contributed by atoms with Gasteiger partial charge in [-0.05, 0) is 38.7 Å². The molecule has 0 aromatic carbocycles. The van der Waals surface area contributed by atoms with E-state index in [0.717, 1.165) is 88.5 Å². The summed E-state index contributed by atoms with van der Waals surface area (Å²) in [6.45, 7) is 12.8. The summed E-state index contributed by atoms with van der Waals surface area (Å²) in [6, 6.07) is 1.09. The lowest BCUT2D eigenvalue weighted by Crippen LogP contribution is -2.45. The van der Waals surface area contributed by atoms with Crippen molar-refractivity contribution in [1.82, 2.24) is 19.8 Å². The van der Waals surface area contributed by atoms with E-state index in [-0.39, 0.29) is 0 Å². The second-order valence-corrected chi connectivity index (χ2v) is 10.0. The van der Waals surface area contributed by atoms with Crippen molar-refractivity contribution in [3.8, 4) is 0 Å². The molecule has 0 amide bonds. The maximum atomic E-state index is 5.59. The summed E-state index contributed by atoms with van der Waals surface area (Å²) in [5.74, 6) is 1.96. The minimum absolute atomic E-state index is 0.470. The topological polar surface area (TPSA) is 62.8 Å². The van der Waals surface area contributed by atoms with Gasteiger partial charge in [0, 0.05) is 49.7 Å². The molecule has 3 aliphatic rings. The van der Waals surface area contributed by atoms with Crippen molar-refractivity contribution in [2.24, 2.45) is 0 Å². The van der Waals surface area contributed by atoms with E-state index in [2.05, 4.69) is 29.0 Å². The number of rotatable bonds is 5. The van der Waals surface area contributed by atoms with E-state index in [1.165, 1.54) is 22.2 Å². The average molecular weight is 432 g/mol. The van der Waals surface area contributed by atoms with E-state index in [4.69, 9.17) is 19.4 Å². The number of hydrogen-bond acceptors (Lipinski definition) is 8. The molecule has 30 heavy (non-hydrogen) atoms. The van der Waals surface area contributed by atoms with Crippen molar-refractivity contribution in [2.75, 3.05) is 57.9 Å². The molecule has 7 nitrogen and oxygen atoms in total. The van der Waals surface area contributed by atoms with Gasteiger partial charge in [-0.1, -0.05) is 0 Å². The van der Waals surface area contributed by atoms with Crippen LogP contribution < -0.4 is 5.32 Å². The lowest BCUT2D eigenvalue weighted by molar-refractivity contribution is 0.0331. The second kappa shape index (κ2) is 9.04. The van der Waals surface area contributed by atoms with Crippen LogP contribution in [0.5, 0.6) is 0 Å². The number of likely N-dealkylation sites (tertiary alicyclic amines) is 1. The Hall–Kier alpha value is -1.32. The highest BCUT2D eigenvalue weighted by Gasteiger charge is 2.28. The summed E-state index contributed by atoms with van der Waals surface area (Å²) >= 11 is 1.79. The minimum atomic E-state index is 0.470. The molecular weight excluding hydrogens is 398 g/mol. The van der Waals surface area contributed by atoms with Gasteiger partial charge in [-0.25, -0.2) is 9.97 Å². The zero-order chi connectivity index (χ0) is 20.5. The lowest BCUT2D eigenvalue weighted by Gasteiger charge is -2.36. The number of fused-ring (bicyclic) bond motifs is 1. The third-order valence-corrected chi connectivity index (χ3v) is 7.94. The highest BCUT2D eigenvalue weighted by molar-refractivity contribution is 7.18. The first-order chi connectivity index (χ1) is 14.7. The Morgan fingerprint density at radius 3 is 2.53 bits per heavy atom. The van der Waals surface area contributed by atoms with Crippen molar-refractivity contribution < 1.29 is 9.47 Å². The third-order valence-electron chi connectivity index (χ3n) is 6.84. The SMILES string of the molecule is Cc1sc2nc(CN3CCOCC3)nc(NC3CCN(C4CCOC4)CC3)c2c1C. The monoisotopic (exact) mass is 431 g/mol. The molecule has 8 heteroatoms. The molecule has 0 bridgehead atoms. The summed E-state index contributed by atoms with van der Waals surface area (Å²) in [4.78, 5) is 17.4. The second-order valence-electron chi connectivity index (χ2n) is 8.81. The Balaban J connectivity index is 1.33. The Bertz CT molecular complexity index is 868. The van der Waals surface area contributed by atoms with Crippen LogP contribution in [-0.4, -0.2) is 84.5 Å². The van der Waals surface area contributed by atoms with Crippen LogP contribution >= 0.6 is 11.3 Å². The van der Waals surface area contributed by atoms with Crippen molar-refractivity contribution >= 4 is 27.4 Å². The first kappa shape index (κ1) is 20.6. The van der Waals surface area contributed by atoms with Gasteiger partial charge < -0.3 is 14.8 Å². The van der Waals surface area contributed by atoms with Gasteiger partial charge in [-0.3, -0.25) is 9.80 Å². The van der Waals surface area contributed by atoms with Gasteiger partial charge >= 0.3 is 0 Å². The third kappa shape index (κ3) is 4.34. The number of piperidine rings is 1. The van der Waals surface area contributed by atoms with Crippen molar-refractivity contribution in [3.63, 3.8) is 0 Å². The van der Waals surface area contributed by atoms with Crippen LogP contribution in [0.1, 0.15) is 35.5 Å². The van der Waals surface area contributed by atoms with Crippen LogP contribution in [0.3, 0.4) is 0 Å². The first-order valence-corrected chi connectivity index (χ1v) is 12.1. The van der Waals surface area contributed by atoms with Crippen LogP contribution in [0, 0.1) is 13.8 Å². The summed E-state index contributed by atoms with van der Waals surface area (Å²) < 4.78 is 11.1. The molecule has 0 spiro atoms. The number of morpholine rings is 1. The molecule has 2 aromatic heterocycles. The van der Waals surface area contributed by atoms with Gasteiger partial charge in [0.2, 0.25) is 0 Å². The minimum Gasteiger partial charge on any atom is -0.380 e. The largest absolute Gasteiger partial charge is 0.380 e. The van der Waals surface area contributed by atoms with Crippen molar-refractivity contribution in [1.29, 1.82) is 0 Å². The van der Waals surface area contributed by atoms with Crippen LogP contribution in [0.2, 0.25) is 0 Å². The van der Waals surface area contributed by atoms with Gasteiger partial charge in [0.05, 0.1) is 31.8 Å². The molecule has 164 valence electrons. The van der Waals surface area contributed by atoms with Gasteiger partial charge in [0.15, 0.2) is 0 Å². The molecule has 0 radical (unpaired) electrons. The predicted octanol–water partition coefficient (Wildman–Crippen LogP) is 2.81. The quantitative estimate of drug-likeness (QED) is 0.781. The van der Waals surface area contributed by atoms with Crippen molar-refractivity contribution in [2.45, 2.75) is 51.7 Å². The molecule has 0 aliphatic carbocycles. The summed E-state index contributed by atoms with van der Waals surface area (Å²) in [5.41, 5.74) is 1.32. The number of aryl methyl sites for hydroxylation is 2. The highest BCUT2D eigenvalue weighted by Crippen LogP contribution is 2.34. The summed E-state index contributed by atoms with van der Waals surface area (Å²) in [6.07, 6.45) is 3.49. The normalized spacial score (nSPS) is 24.7. The van der Waals surface area contributed by atoms with E-state index >= 15 is 0 Å². The fourth-order valence-corrected chi connectivity index (χ4v) is 5.89. The maximum Gasteiger partial charge on any atom is 0.146 e. The fraction of sp³-hybridized carbons (Fsp3) is 0.727. The van der Waals surface area contributed by atoms with E-state index in [0.29, 0.717) is 12.1 Å². The molecule has 3 fully saturated rings. The first-order valence-electron chi connectivity index (χ1n) is 11.3. The molecule has 0 saturated carbocycles. The number of aromatic nitrogens is 2. The van der Waals surface area contributed by atoms with Crippen LogP contribution in [0.4, 0.5) is 5.82 Å². The standard InChI is InChI=1S/C22H33N5O2S/c1-15-16(2)30-22-20(15)21(24-19(25-22)13-26-8-11-28-12-9-26)23-17-3-6-27(7-4-17)18-5-10-29-14-18/h17-18H,3-14H2,1-2H3,(H,23,24,25). The lowest BCUT2D eigenvalue weighted by atomic mass is 10.0. The maximum absolute atomic E-state index is 5.59. The van der Waals surface area contributed by atoms with E-state index < -0.39 is 0 Å². The van der Waals surface area contributed by atoms with Gasteiger partial charge in [0.25, 0.3) is 0 Å². The van der Waals surface area contributed by atoms with Gasteiger partial charge in [-0.2, -0.15) is 0 Å². The molecule has 1 N–H and O–H groups in total. The van der Waals surface area contributed by atoms with E-state index in [1.54, 1.807) is 11.3 Å². The van der Waals surface area contributed by atoms with Gasteiger partial charge in [0.1, 0.15) is 16.5 Å². The molecule has 5 heterocycles. The highest BCUT2D eigenvalue weighted by atomic mass is 32.1. The molecular formula is C22H33N5O2S. The smallest absolute Gasteiger partial charge is 0.146 e. The molecule has 5 rings (SSSR count). The Kier molecular flexibility index (Phi) is 6.20. The molecule has 1 unspecified atom stereocenters. The predicted molar refractivity (Wildman–Crippen MR) is 120 cm³/mol. The number of ether oxygens (including phenoxy) is 2. The zero-order valence-electron chi connectivity index (χ0n) is 18.2. The average Bonchev–Trinajstić information content (AvgIpc) is 3.38. The Morgan fingerprint density at radius 1 is 1.00 bits per heavy atom. The number of nitrogens with one attached hydrogen (secondary N) is 1. The molecule has 3 aliphatic heterocycles. The zero-order valence-corrected chi connectivity index (χ0v) is 19.0. The number of thiophene rings is 1. The summed E-state index contributed by atoms with van der Waals surface area (Å²) in [5, 5.41) is 5.04. The molecule has 1 atom stereocenters. The van der Waals surface area contributed by atoms with Crippen LogP contribution in [-0.2, 0) is 16.0 Å². The van der Waals surface area contributed by atoms with Crippen LogP contribution in [0.25, 0.3) is 10.2 Å². The molecule has 3 saturated heterocycles. The van der Waals surface area contributed by atoms with Gasteiger partial charge in [-0.15, -0.1) is 11.3 Å². The van der Waals surface area contributed by atoms with Crippen molar-refractivity contribution in [3.05, 3.63) is 16.3 Å².